The van der Waals surface area contributed by atoms with Gasteiger partial charge in [-0.2, -0.15) is 13.5 Å². The molecule has 0 heterocycles. The van der Waals surface area contributed by atoms with Crippen LogP contribution in [0, 0.1) is 0 Å². The zero-order chi connectivity index (χ0) is 25.5. The van der Waals surface area contributed by atoms with Crippen molar-refractivity contribution < 1.29 is 22.1 Å². The monoisotopic (exact) mass is 494 g/mol. The van der Waals surface area contributed by atoms with Gasteiger partial charge < -0.3 is 8.92 Å². The van der Waals surface area contributed by atoms with Gasteiger partial charge >= 0.3 is 10.1 Å². The number of amides is 1. The molecule has 1 amide bonds. The number of nitrogens with zero attached hydrogens (tertiary/aromatic N) is 1. The lowest BCUT2D eigenvalue weighted by atomic mass is 9.82. The normalized spacial score (nSPS) is 11.9. The number of rotatable bonds is 10. The lowest BCUT2D eigenvalue weighted by Crippen LogP contribution is -2.21. The molecule has 0 aliphatic carbocycles. The van der Waals surface area contributed by atoms with Crippen LogP contribution < -0.4 is 14.3 Å². The molecule has 0 spiro atoms. The van der Waals surface area contributed by atoms with E-state index in [0.29, 0.717) is 11.3 Å². The van der Waals surface area contributed by atoms with Crippen LogP contribution in [0.1, 0.15) is 43.9 Å². The fourth-order valence-corrected chi connectivity index (χ4v) is 4.42. The molecule has 7 nitrogen and oxygen atoms in total. The number of benzene rings is 3. The third kappa shape index (κ3) is 6.93. The van der Waals surface area contributed by atoms with Gasteiger partial charge in [-0.15, -0.1) is 0 Å². The lowest BCUT2D eigenvalue weighted by molar-refractivity contribution is -0.120. The highest BCUT2D eigenvalue weighted by Gasteiger charge is 2.24. The molecule has 184 valence electrons. The van der Waals surface area contributed by atoms with Crippen LogP contribution in [0.25, 0.3) is 0 Å². The van der Waals surface area contributed by atoms with Crippen molar-refractivity contribution in [1.29, 1.82) is 0 Å². The fraction of sp³-hybridized carbons (Fsp3) is 0.259. The molecule has 0 unspecified atom stereocenters. The van der Waals surface area contributed by atoms with Crippen molar-refractivity contribution >= 4 is 22.2 Å². The Labute approximate surface area is 206 Å². The number of ether oxygens (including phenoxy) is 1. The maximum atomic E-state index is 13.1. The minimum Gasteiger partial charge on any atom is -0.497 e. The van der Waals surface area contributed by atoms with Crippen LogP contribution >= 0.6 is 0 Å². The summed E-state index contributed by atoms with van der Waals surface area (Å²) in [6.45, 7) is 6.22. The van der Waals surface area contributed by atoms with E-state index in [1.54, 1.807) is 67.8 Å². The molecule has 0 aliphatic rings. The predicted molar refractivity (Wildman–Crippen MR) is 136 cm³/mol. The van der Waals surface area contributed by atoms with E-state index in [4.69, 9.17) is 8.92 Å². The molecule has 0 radical (unpaired) electrons. The maximum Gasteiger partial charge on any atom is 0.339 e. The first-order chi connectivity index (χ1) is 16.6. The number of nitrogens with one attached hydrogen (secondary N) is 1. The number of carbonyl (C=O) groups is 1. The van der Waals surface area contributed by atoms with Gasteiger partial charge in [-0.1, -0.05) is 57.2 Å². The Balaban J connectivity index is 1.86. The van der Waals surface area contributed by atoms with Crippen LogP contribution in [0.15, 0.2) is 82.8 Å². The number of hydrogen-bond donors (Lipinski definition) is 1. The molecule has 35 heavy (non-hydrogen) atoms. The highest BCUT2D eigenvalue weighted by Crippen LogP contribution is 2.30. The van der Waals surface area contributed by atoms with Crippen molar-refractivity contribution in [1.82, 2.24) is 5.43 Å². The molecule has 3 aromatic rings. The summed E-state index contributed by atoms with van der Waals surface area (Å²) in [5.41, 5.74) is 4.33. The number of hydrogen-bond acceptors (Lipinski definition) is 6. The van der Waals surface area contributed by atoms with E-state index in [-0.39, 0.29) is 28.4 Å². The van der Waals surface area contributed by atoms with Crippen molar-refractivity contribution in [2.75, 3.05) is 7.11 Å². The molecule has 0 saturated carbocycles. The summed E-state index contributed by atoms with van der Waals surface area (Å²) in [5, 5.41) is 4.03. The second-order valence-electron chi connectivity index (χ2n) is 8.66. The molecular weight excluding hydrogens is 464 g/mol. The molecule has 0 atom stereocenters. The maximum absolute atomic E-state index is 13.1. The molecule has 1 N–H and O–H groups in total. The van der Waals surface area contributed by atoms with E-state index in [0.717, 1.165) is 17.5 Å². The molecule has 0 saturated heterocycles. The van der Waals surface area contributed by atoms with Gasteiger partial charge in [-0.05, 0) is 59.4 Å². The fourth-order valence-electron chi connectivity index (χ4n) is 3.33. The van der Waals surface area contributed by atoms with E-state index in [1.165, 1.54) is 12.3 Å². The first-order valence-corrected chi connectivity index (χ1v) is 12.6. The summed E-state index contributed by atoms with van der Waals surface area (Å²) in [6.07, 6.45) is 2.28. The second-order valence-corrected chi connectivity index (χ2v) is 10.2. The van der Waals surface area contributed by atoms with Crippen LogP contribution in [0.2, 0.25) is 0 Å². The third-order valence-corrected chi connectivity index (χ3v) is 7.11. The average molecular weight is 495 g/mol. The highest BCUT2D eigenvalue weighted by molar-refractivity contribution is 7.87. The summed E-state index contributed by atoms with van der Waals surface area (Å²) in [4.78, 5) is 12.4. The largest absolute Gasteiger partial charge is 0.497 e. The van der Waals surface area contributed by atoms with Crippen LogP contribution in [-0.4, -0.2) is 27.6 Å². The van der Waals surface area contributed by atoms with Gasteiger partial charge in [0.1, 0.15) is 16.4 Å². The summed E-state index contributed by atoms with van der Waals surface area (Å²) in [5.74, 6) is 0.520. The predicted octanol–water partition coefficient (Wildman–Crippen LogP) is 4.84. The number of para-hydroxylation sites is 1. The standard InChI is InChI=1S/C27H30N2O5S/c1-5-27(2,3)22-14-15-25(35(31,32)34-23-11-7-6-8-12-23)21(18-22)19-28-29-26(30)17-20-10-9-13-24(16-20)33-4/h6-16,18-19H,5,17H2,1-4H3,(H,29,30). The van der Waals surface area contributed by atoms with Crippen molar-refractivity contribution in [2.24, 2.45) is 5.10 Å². The second kappa shape index (κ2) is 11.2. The molecule has 8 heteroatoms. The van der Waals surface area contributed by atoms with Crippen molar-refractivity contribution in [3.63, 3.8) is 0 Å². The molecule has 3 aromatic carbocycles. The highest BCUT2D eigenvalue weighted by atomic mass is 32.2. The first kappa shape index (κ1) is 26.0. The van der Waals surface area contributed by atoms with E-state index < -0.39 is 10.1 Å². The van der Waals surface area contributed by atoms with Gasteiger partial charge in [0, 0.05) is 5.56 Å². The Morgan fingerprint density at radius 2 is 1.71 bits per heavy atom. The number of methoxy groups -OCH3 is 1. The Bertz CT molecular complexity index is 1300. The quantitative estimate of drug-likeness (QED) is 0.247. The van der Waals surface area contributed by atoms with Crippen LogP contribution in [0.3, 0.4) is 0 Å². The Morgan fingerprint density at radius 3 is 2.40 bits per heavy atom. The van der Waals surface area contributed by atoms with E-state index in [1.807, 2.05) is 6.07 Å². The number of hydrazone groups is 1. The smallest absolute Gasteiger partial charge is 0.339 e. The summed E-state index contributed by atoms with van der Waals surface area (Å²) < 4.78 is 36.6. The van der Waals surface area contributed by atoms with Crippen molar-refractivity contribution in [3.05, 3.63) is 89.5 Å². The molecule has 0 fully saturated rings. The van der Waals surface area contributed by atoms with Gasteiger partial charge in [0.25, 0.3) is 0 Å². The van der Waals surface area contributed by atoms with Gasteiger partial charge in [0.05, 0.1) is 19.7 Å². The van der Waals surface area contributed by atoms with Gasteiger partial charge in [-0.25, -0.2) is 5.43 Å². The third-order valence-electron chi connectivity index (χ3n) is 5.79. The van der Waals surface area contributed by atoms with Crippen molar-refractivity contribution in [2.45, 2.75) is 43.9 Å². The van der Waals surface area contributed by atoms with E-state index >= 15 is 0 Å². The zero-order valence-corrected chi connectivity index (χ0v) is 21.1. The van der Waals surface area contributed by atoms with E-state index in [9.17, 15) is 13.2 Å². The SMILES string of the molecule is CCC(C)(C)c1ccc(S(=O)(=O)Oc2ccccc2)c(C=NNC(=O)Cc2cccc(OC)c2)c1. The lowest BCUT2D eigenvalue weighted by Gasteiger charge is -2.24. The van der Waals surface area contributed by atoms with Crippen molar-refractivity contribution in [3.8, 4) is 11.5 Å². The summed E-state index contributed by atoms with van der Waals surface area (Å²) >= 11 is 0. The molecular formula is C27H30N2O5S. The Kier molecular flexibility index (Phi) is 8.30. The molecule has 0 aromatic heterocycles. The average Bonchev–Trinajstić information content (AvgIpc) is 2.84. The Hall–Kier alpha value is -3.65. The zero-order valence-electron chi connectivity index (χ0n) is 20.3. The van der Waals surface area contributed by atoms with Gasteiger partial charge in [-0.3, -0.25) is 4.79 Å². The summed E-state index contributed by atoms with van der Waals surface area (Å²) in [7, 11) is -2.58. The minimum absolute atomic E-state index is 0.0391. The first-order valence-electron chi connectivity index (χ1n) is 11.2. The Morgan fingerprint density at radius 1 is 1.00 bits per heavy atom. The van der Waals surface area contributed by atoms with Crippen LogP contribution in [0.4, 0.5) is 0 Å². The van der Waals surface area contributed by atoms with Crippen LogP contribution in [-0.2, 0) is 26.7 Å². The topological polar surface area (TPSA) is 94.1 Å². The summed E-state index contributed by atoms with van der Waals surface area (Å²) in [6, 6.07) is 20.5. The molecule has 0 aliphatic heterocycles. The number of carbonyl (C=O) groups excluding carboxylic acids is 1. The molecule has 3 rings (SSSR count). The van der Waals surface area contributed by atoms with Gasteiger partial charge in [0.2, 0.25) is 5.91 Å². The molecule has 0 bridgehead atoms. The van der Waals surface area contributed by atoms with E-state index in [2.05, 4.69) is 31.3 Å². The minimum atomic E-state index is -4.14. The van der Waals surface area contributed by atoms with Gasteiger partial charge in [0.15, 0.2) is 0 Å². The van der Waals surface area contributed by atoms with Crippen LogP contribution in [0.5, 0.6) is 11.5 Å².